The van der Waals surface area contributed by atoms with Gasteiger partial charge in [0.05, 0.1) is 54.5 Å². The standard InChI is InChI=1S/C62H81N9O19S/c1-7-8-9-20-88-39-17-15-36(16-18-39)59-65-27-46(91-59)34-11-13-35(14-12-34)54(81)66-40-23-37(73)26-64-58(85)52-53(80)31(2)28-71(52)61(87)51(44(77)25-47(63)78)69-57(84)50(43(76)21-33-10-19-42(75)45(22-33)89-30-48(79)90-62(4,5)6)68-56(83)41-24-38(74)29-70(41)60(86)49(32(3)72)67-55(40)82/h10-19,22,27,31-32,37-38,40-41,43-44,49-53,72-77,80H,7-9,20-21,23-26,28-30H2,1-6H3,(H2,63,78)(H,64,85)(H,66,81)(H,67,82)(H,68,83)(H,69,84)/t31-,32+,37+,38+,40-,41-,43+,44+,49-,50-,51-,52-,53-/m0/s1. The Morgan fingerprint density at radius 1 is 0.780 bits per heavy atom. The van der Waals surface area contributed by atoms with Crippen molar-refractivity contribution in [2.24, 2.45) is 11.7 Å². The fraction of sp³-hybridized carbons (Fsp3) is 0.516. The summed E-state index contributed by atoms with van der Waals surface area (Å²) in [5.74, 6) is -11.0. The zero-order valence-electron chi connectivity index (χ0n) is 51.3. The van der Waals surface area contributed by atoms with Crippen molar-refractivity contribution in [2.45, 2.75) is 165 Å². The number of primary amides is 1. The average molecular weight is 1290 g/mol. The number of benzene rings is 3. The largest absolute Gasteiger partial charge is 0.504 e. The van der Waals surface area contributed by atoms with E-state index in [9.17, 15) is 78.9 Å². The maximum Gasteiger partial charge on any atom is 0.344 e. The van der Waals surface area contributed by atoms with E-state index in [-0.39, 0.29) is 16.9 Å². The van der Waals surface area contributed by atoms with Gasteiger partial charge in [-0.2, -0.15) is 0 Å². The predicted molar refractivity (Wildman–Crippen MR) is 326 cm³/mol. The zero-order chi connectivity index (χ0) is 66.6. The van der Waals surface area contributed by atoms with Crippen LogP contribution in [-0.2, 0) is 49.5 Å². The van der Waals surface area contributed by atoms with Gasteiger partial charge in [-0.25, -0.2) is 9.78 Å². The number of carbonyl (C=O) groups excluding carboxylic acids is 9. The predicted octanol–water partition coefficient (Wildman–Crippen LogP) is -0.704. The third-order valence-corrected chi connectivity index (χ3v) is 16.5. The lowest BCUT2D eigenvalue weighted by Gasteiger charge is -2.33. The highest BCUT2D eigenvalue weighted by atomic mass is 32.1. The Balaban J connectivity index is 1.19. The van der Waals surface area contributed by atoms with Crippen LogP contribution in [0.25, 0.3) is 21.0 Å². The van der Waals surface area contributed by atoms with Crippen LogP contribution in [0.3, 0.4) is 0 Å². The number of aliphatic hydroxyl groups is 6. The van der Waals surface area contributed by atoms with Crippen LogP contribution in [0.5, 0.6) is 17.2 Å². The van der Waals surface area contributed by atoms with E-state index < -0.39 is 195 Å². The highest BCUT2D eigenvalue weighted by Crippen LogP contribution is 2.34. The third-order valence-electron chi connectivity index (χ3n) is 15.4. The second-order valence-corrected chi connectivity index (χ2v) is 25.1. The van der Waals surface area contributed by atoms with E-state index in [0.29, 0.717) is 12.2 Å². The van der Waals surface area contributed by atoms with Gasteiger partial charge in [0, 0.05) is 62.1 Å². The molecule has 0 bridgehead atoms. The number of esters is 1. The van der Waals surface area contributed by atoms with Gasteiger partial charge in [-0.05, 0) is 93.8 Å². The molecule has 3 fully saturated rings. The highest BCUT2D eigenvalue weighted by molar-refractivity contribution is 7.18. The van der Waals surface area contributed by atoms with Crippen LogP contribution in [0, 0.1) is 5.92 Å². The van der Waals surface area contributed by atoms with Crippen LogP contribution in [0.2, 0.25) is 0 Å². The molecule has 29 heteroatoms. The molecule has 1 aromatic heterocycles. The van der Waals surface area contributed by atoms with Gasteiger partial charge in [-0.15, -0.1) is 11.3 Å². The summed E-state index contributed by atoms with van der Waals surface area (Å²) < 4.78 is 16.6. The van der Waals surface area contributed by atoms with Gasteiger partial charge in [-0.1, -0.05) is 44.9 Å². The summed E-state index contributed by atoms with van der Waals surface area (Å²) in [4.78, 5) is 133. The summed E-state index contributed by atoms with van der Waals surface area (Å²) in [7, 11) is 0. The van der Waals surface area contributed by atoms with Crippen molar-refractivity contribution in [1.82, 2.24) is 41.4 Å². The number of aromatic hydroxyl groups is 1. The molecule has 0 radical (unpaired) electrons. The van der Waals surface area contributed by atoms with E-state index in [1.807, 2.05) is 24.3 Å². The molecule has 3 aliphatic heterocycles. The first-order valence-electron chi connectivity index (χ1n) is 30.0. The Bertz CT molecular complexity index is 3250. The van der Waals surface area contributed by atoms with E-state index >= 15 is 0 Å². The number of β-amino-alcohol motifs (C(OH)–C–C–N with tert-alkyl or cyclic N) is 1. The van der Waals surface area contributed by atoms with E-state index in [1.165, 1.54) is 42.5 Å². The number of thiazole rings is 1. The molecule has 8 amide bonds. The molecule has 91 heavy (non-hydrogen) atoms. The molecule has 0 saturated carbocycles. The summed E-state index contributed by atoms with van der Waals surface area (Å²) in [6, 6.07) is 5.79. The van der Waals surface area contributed by atoms with Gasteiger partial charge in [0.15, 0.2) is 18.1 Å². The Morgan fingerprint density at radius 3 is 2.10 bits per heavy atom. The number of aromatic nitrogens is 1. The molecule has 3 saturated heterocycles. The van der Waals surface area contributed by atoms with Crippen molar-refractivity contribution in [3.8, 4) is 38.3 Å². The summed E-state index contributed by atoms with van der Waals surface area (Å²) in [5.41, 5.74) is 6.24. The lowest BCUT2D eigenvalue weighted by molar-refractivity contribution is -0.157. The first kappa shape index (κ1) is 70.1. The van der Waals surface area contributed by atoms with Crippen molar-refractivity contribution in [2.75, 3.05) is 32.8 Å². The van der Waals surface area contributed by atoms with Gasteiger partial charge in [0.25, 0.3) is 5.91 Å². The Morgan fingerprint density at radius 2 is 1.44 bits per heavy atom. The molecule has 494 valence electrons. The number of fused-ring (bicyclic) bond motifs is 2. The number of phenolic OH excluding ortho intramolecular Hbond substituents is 1. The minimum Gasteiger partial charge on any atom is -0.504 e. The Hall–Kier alpha value is -8.32. The van der Waals surface area contributed by atoms with Crippen LogP contribution in [0.4, 0.5) is 0 Å². The zero-order valence-corrected chi connectivity index (χ0v) is 52.1. The van der Waals surface area contributed by atoms with E-state index in [2.05, 4.69) is 38.5 Å². The average Bonchev–Trinajstić information content (AvgIpc) is 1.80. The molecule has 13 atom stereocenters. The summed E-state index contributed by atoms with van der Waals surface area (Å²) in [6.45, 7) is 7.82. The van der Waals surface area contributed by atoms with Gasteiger partial charge in [0.1, 0.15) is 52.6 Å². The number of amides is 8. The Kier molecular flexibility index (Phi) is 24.0. The fourth-order valence-corrected chi connectivity index (χ4v) is 11.6. The fourth-order valence-electron chi connectivity index (χ4n) is 10.7. The number of hydrogen-bond donors (Lipinski definition) is 13. The number of aliphatic hydroxyl groups excluding tert-OH is 6. The topological polar surface area (TPSA) is 428 Å². The first-order chi connectivity index (χ1) is 43.0. The number of nitrogens with zero attached hydrogens (tertiary/aromatic N) is 3. The number of ether oxygens (including phenoxy) is 3. The van der Waals surface area contributed by atoms with E-state index in [4.69, 9.17) is 19.9 Å². The second-order valence-electron chi connectivity index (χ2n) is 24.0. The van der Waals surface area contributed by atoms with Crippen molar-refractivity contribution >= 4 is 64.6 Å². The number of hydrogen-bond acceptors (Lipinski definition) is 21. The summed E-state index contributed by atoms with van der Waals surface area (Å²) >= 11 is 1.40. The number of rotatable bonds is 19. The van der Waals surface area contributed by atoms with Crippen molar-refractivity contribution < 1.29 is 93.1 Å². The molecule has 4 heterocycles. The Labute approximate surface area is 528 Å². The van der Waals surface area contributed by atoms with Gasteiger partial charge < -0.3 is 92.1 Å². The molecule has 14 N–H and O–H groups in total. The van der Waals surface area contributed by atoms with Gasteiger partial charge in [0.2, 0.25) is 41.4 Å². The SMILES string of the molecule is CCCCCOc1ccc(-c2ncc(-c3ccc(C(=O)N[C@H]4C[C@@H](O)CNC(=O)[C@@H]5[C@@H](O)[C@@H](C)CN5C(=O)[C@H]([C@H](O)CC(N)=O)NC(=O)[C@H]([C@H](O)Cc5ccc(O)c(OCC(=O)OC(C)(C)C)c5)NC(=O)[C@@H]5C[C@@H](O)CN5C(=O)[C@H]([C@@H](C)O)NC4=O)cc3)s2)cc1. The summed E-state index contributed by atoms with van der Waals surface area (Å²) in [6.07, 6.45) is -8.79. The lowest BCUT2D eigenvalue weighted by Crippen LogP contribution is -2.64. The lowest BCUT2D eigenvalue weighted by atomic mass is 9.98. The van der Waals surface area contributed by atoms with E-state index in [0.717, 1.165) is 63.3 Å². The molecule has 3 aromatic carbocycles. The summed E-state index contributed by atoms with van der Waals surface area (Å²) in [5, 5.41) is 92.0. The van der Waals surface area contributed by atoms with Crippen LogP contribution in [0.15, 0.2) is 72.9 Å². The smallest absolute Gasteiger partial charge is 0.344 e. The number of carbonyl (C=O) groups is 9. The maximum atomic E-state index is 14.8. The van der Waals surface area contributed by atoms with Crippen molar-refractivity contribution in [3.05, 3.63) is 84.1 Å². The molecule has 7 rings (SSSR count). The molecule has 0 spiro atoms. The highest BCUT2D eigenvalue weighted by Gasteiger charge is 2.50. The van der Waals surface area contributed by atoms with Gasteiger partial charge in [-0.3, -0.25) is 38.4 Å². The first-order valence-corrected chi connectivity index (χ1v) is 30.8. The van der Waals surface area contributed by atoms with Crippen LogP contribution in [0.1, 0.15) is 96.0 Å². The van der Waals surface area contributed by atoms with E-state index in [1.54, 1.807) is 39.1 Å². The number of unbranched alkanes of at least 4 members (excludes halogenated alkanes) is 2. The molecule has 0 aliphatic carbocycles. The minimum atomic E-state index is -2.22. The monoisotopic (exact) mass is 1290 g/mol. The van der Waals surface area contributed by atoms with Crippen molar-refractivity contribution in [1.29, 1.82) is 0 Å². The molecular formula is C62H81N9O19S. The number of nitrogens with one attached hydrogen (secondary N) is 5. The number of phenols is 1. The molecule has 28 nitrogen and oxygen atoms in total. The quantitative estimate of drug-likeness (QED) is 0.0408. The molecule has 4 aromatic rings. The molecule has 3 aliphatic rings. The number of nitrogens with two attached hydrogens (primary N) is 1. The molecule has 0 unspecified atom stereocenters. The maximum absolute atomic E-state index is 14.8. The van der Waals surface area contributed by atoms with Crippen LogP contribution < -0.4 is 41.8 Å². The minimum absolute atomic E-state index is 0.0332. The van der Waals surface area contributed by atoms with Crippen LogP contribution in [-0.4, -0.2) is 215 Å². The van der Waals surface area contributed by atoms with Crippen LogP contribution >= 0.6 is 11.3 Å². The third kappa shape index (κ3) is 18.7. The van der Waals surface area contributed by atoms with Gasteiger partial charge >= 0.3 is 5.97 Å². The second kappa shape index (κ2) is 31.1. The molecular weight excluding hydrogens is 1210 g/mol. The van der Waals surface area contributed by atoms with Crippen molar-refractivity contribution in [3.63, 3.8) is 0 Å². The normalized spacial score (nSPS) is 24.9.